The molecule has 38 heavy (non-hydrogen) atoms. The van der Waals surface area contributed by atoms with Gasteiger partial charge in [0.05, 0.1) is 18.2 Å². The smallest absolute Gasteiger partial charge is 0.410 e. The molecule has 7 heteroatoms. The molecule has 0 bridgehead atoms. The van der Waals surface area contributed by atoms with Gasteiger partial charge in [0.15, 0.2) is 0 Å². The lowest BCUT2D eigenvalue weighted by atomic mass is 10.0. The number of carbonyl (C=O) groups excluding carboxylic acids is 1. The summed E-state index contributed by atoms with van der Waals surface area (Å²) in [5, 5.41) is 20.5. The zero-order valence-electron chi connectivity index (χ0n) is 22.7. The number of carboxylic acids is 1. The first-order valence-corrected chi connectivity index (χ1v) is 13.6. The molecule has 0 aliphatic heterocycles. The van der Waals surface area contributed by atoms with Gasteiger partial charge in [-0.2, -0.15) is 0 Å². The third kappa shape index (κ3) is 8.64. The summed E-state index contributed by atoms with van der Waals surface area (Å²) in [5.41, 5.74) is 3.39. The van der Waals surface area contributed by atoms with Crippen LogP contribution in [0.2, 0.25) is 0 Å². The SMILES string of the molecule is CC(C)Sc1cc(-c2ccc(CCN(C[C@@H](O)c3ccccc3)C(=O)OC(C)(C)C)cc2)ccc1C(=O)O. The van der Waals surface area contributed by atoms with E-state index in [0.717, 1.165) is 27.1 Å². The van der Waals surface area contributed by atoms with Crippen LogP contribution in [0.15, 0.2) is 77.7 Å². The van der Waals surface area contributed by atoms with Gasteiger partial charge in [0, 0.05) is 16.7 Å². The maximum Gasteiger partial charge on any atom is 0.410 e. The molecule has 202 valence electrons. The summed E-state index contributed by atoms with van der Waals surface area (Å²) < 4.78 is 5.60. The molecule has 6 nitrogen and oxygen atoms in total. The summed E-state index contributed by atoms with van der Waals surface area (Å²) in [7, 11) is 0. The fourth-order valence-corrected chi connectivity index (χ4v) is 4.92. The fourth-order valence-electron chi connectivity index (χ4n) is 3.93. The molecular formula is C31H37NO5S. The summed E-state index contributed by atoms with van der Waals surface area (Å²) >= 11 is 1.54. The highest BCUT2D eigenvalue weighted by atomic mass is 32.2. The molecule has 0 spiro atoms. The van der Waals surface area contributed by atoms with Crippen molar-refractivity contribution in [2.45, 2.75) is 62.9 Å². The number of aliphatic hydroxyl groups is 1. The third-order valence-electron chi connectivity index (χ3n) is 5.76. The van der Waals surface area contributed by atoms with Crippen molar-refractivity contribution >= 4 is 23.8 Å². The lowest BCUT2D eigenvalue weighted by Gasteiger charge is -2.29. The van der Waals surface area contributed by atoms with Crippen molar-refractivity contribution in [1.29, 1.82) is 0 Å². The number of aromatic carboxylic acids is 1. The van der Waals surface area contributed by atoms with Gasteiger partial charge in [0.1, 0.15) is 5.60 Å². The van der Waals surface area contributed by atoms with E-state index in [0.29, 0.717) is 18.5 Å². The van der Waals surface area contributed by atoms with Crippen LogP contribution in [0.25, 0.3) is 11.1 Å². The number of carbonyl (C=O) groups is 2. The van der Waals surface area contributed by atoms with Crippen molar-refractivity contribution in [2.75, 3.05) is 13.1 Å². The molecule has 0 aliphatic rings. The van der Waals surface area contributed by atoms with Crippen LogP contribution in [0.1, 0.15) is 62.2 Å². The van der Waals surface area contributed by atoms with Gasteiger partial charge in [-0.3, -0.25) is 0 Å². The van der Waals surface area contributed by atoms with Crippen molar-refractivity contribution in [3.05, 3.63) is 89.5 Å². The third-order valence-corrected chi connectivity index (χ3v) is 6.82. The van der Waals surface area contributed by atoms with E-state index >= 15 is 0 Å². The molecule has 0 fully saturated rings. The summed E-state index contributed by atoms with van der Waals surface area (Å²) in [6.07, 6.45) is -0.691. The summed E-state index contributed by atoms with van der Waals surface area (Å²) in [6, 6.07) is 22.7. The Labute approximate surface area is 229 Å². The predicted octanol–water partition coefficient (Wildman–Crippen LogP) is 7.07. The Morgan fingerprint density at radius 1 is 0.947 bits per heavy atom. The van der Waals surface area contributed by atoms with Crippen molar-refractivity contribution in [3.63, 3.8) is 0 Å². The van der Waals surface area contributed by atoms with E-state index in [4.69, 9.17) is 4.74 Å². The van der Waals surface area contributed by atoms with Gasteiger partial charge in [-0.25, -0.2) is 9.59 Å². The van der Waals surface area contributed by atoms with Gasteiger partial charge in [0.25, 0.3) is 0 Å². The molecule has 1 amide bonds. The zero-order valence-corrected chi connectivity index (χ0v) is 23.5. The number of hydrogen-bond donors (Lipinski definition) is 2. The van der Waals surface area contributed by atoms with E-state index in [1.54, 1.807) is 11.0 Å². The fraction of sp³-hybridized carbons (Fsp3) is 0.355. The highest BCUT2D eigenvalue weighted by molar-refractivity contribution is 8.00. The molecule has 0 heterocycles. The van der Waals surface area contributed by atoms with E-state index in [9.17, 15) is 19.8 Å². The minimum Gasteiger partial charge on any atom is -0.478 e. The second-order valence-corrected chi connectivity index (χ2v) is 12.1. The number of aliphatic hydroxyl groups excluding tert-OH is 1. The maximum atomic E-state index is 12.9. The van der Waals surface area contributed by atoms with Crippen molar-refractivity contribution in [2.24, 2.45) is 0 Å². The molecule has 0 aliphatic carbocycles. The number of amides is 1. The lowest BCUT2D eigenvalue weighted by Crippen LogP contribution is -2.40. The van der Waals surface area contributed by atoms with Crippen molar-refractivity contribution < 1.29 is 24.5 Å². The molecule has 0 saturated heterocycles. The Kier molecular flexibility index (Phi) is 10.00. The Bertz CT molecular complexity index is 1220. The molecule has 0 radical (unpaired) electrons. The van der Waals surface area contributed by atoms with Gasteiger partial charge < -0.3 is 19.8 Å². The number of thioether (sulfide) groups is 1. The van der Waals surface area contributed by atoms with Crippen LogP contribution < -0.4 is 0 Å². The number of nitrogens with zero attached hydrogens (tertiary/aromatic N) is 1. The van der Waals surface area contributed by atoms with Gasteiger partial charge in [-0.1, -0.05) is 74.5 Å². The van der Waals surface area contributed by atoms with Crippen LogP contribution in [0.4, 0.5) is 4.79 Å². The second-order valence-electron chi connectivity index (χ2n) is 10.5. The average Bonchev–Trinajstić information content (AvgIpc) is 2.85. The molecular weight excluding hydrogens is 498 g/mol. The van der Waals surface area contributed by atoms with Gasteiger partial charge in [-0.15, -0.1) is 11.8 Å². The van der Waals surface area contributed by atoms with Gasteiger partial charge in [-0.05, 0) is 61.6 Å². The van der Waals surface area contributed by atoms with E-state index in [-0.39, 0.29) is 11.8 Å². The van der Waals surface area contributed by atoms with Crippen LogP contribution in [0.3, 0.4) is 0 Å². The van der Waals surface area contributed by atoms with E-state index in [2.05, 4.69) is 0 Å². The Morgan fingerprint density at radius 2 is 1.58 bits per heavy atom. The van der Waals surface area contributed by atoms with E-state index in [1.807, 2.05) is 101 Å². The Balaban J connectivity index is 1.74. The van der Waals surface area contributed by atoms with Crippen LogP contribution in [0.5, 0.6) is 0 Å². The number of benzene rings is 3. The van der Waals surface area contributed by atoms with E-state index in [1.165, 1.54) is 11.8 Å². The molecule has 1 atom stereocenters. The van der Waals surface area contributed by atoms with Crippen LogP contribution >= 0.6 is 11.8 Å². The highest BCUT2D eigenvalue weighted by Crippen LogP contribution is 2.32. The first-order chi connectivity index (χ1) is 17.9. The van der Waals surface area contributed by atoms with Crippen LogP contribution in [-0.4, -0.2) is 51.1 Å². The minimum absolute atomic E-state index is 0.128. The number of ether oxygens (including phenoxy) is 1. The van der Waals surface area contributed by atoms with E-state index < -0.39 is 23.8 Å². The van der Waals surface area contributed by atoms with Crippen LogP contribution in [0, 0.1) is 0 Å². The molecule has 3 rings (SSSR count). The first kappa shape index (κ1) is 29.3. The number of hydrogen-bond acceptors (Lipinski definition) is 5. The first-order valence-electron chi connectivity index (χ1n) is 12.8. The number of rotatable bonds is 10. The molecule has 3 aromatic carbocycles. The largest absolute Gasteiger partial charge is 0.478 e. The van der Waals surface area contributed by atoms with Gasteiger partial charge >= 0.3 is 12.1 Å². The van der Waals surface area contributed by atoms with Crippen LogP contribution in [-0.2, 0) is 11.2 Å². The summed E-state index contributed by atoms with van der Waals surface area (Å²) in [6.45, 7) is 10.1. The normalized spacial score (nSPS) is 12.3. The predicted molar refractivity (Wildman–Crippen MR) is 153 cm³/mol. The Hall–Kier alpha value is -3.29. The quantitative estimate of drug-likeness (QED) is 0.270. The lowest BCUT2D eigenvalue weighted by molar-refractivity contribution is 0.0147. The standard InChI is InChI=1S/C31H37NO5S/c1-21(2)38-28-19-25(15-16-26(28)29(34)35)23-13-11-22(12-14-23)17-18-32(30(36)37-31(3,4)5)20-27(33)24-9-7-6-8-10-24/h6-16,19,21,27,33H,17-18,20H2,1-5H3,(H,34,35)/t27-/m1/s1. The Morgan fingerprint density at radius 3 is 2.16 bits per heavy atom. The molecule has 0 saturated carbocycles. The van der Waals surface area contributed by atoms with Crippen molar-refractivity contribution in [1.82, 2.24) is 4.90 Å². The maximum absolute atomic E-state index is 12.9. The zero-order chi connectivity index (χ0) is 27.9. The molecule has 2 N–H and O–H groups in total. The second kappa shape index (κ2) is 13.0. The average molecular weight is 536 g/mol. The van der Waals surface area contributed by atoms with Crippen molar-refractivity contribution in [3.8, 4) is 11.1 Å². The highest BCUT2D eigenvalue weighted by Gasteiger charge is 2.24. The minimum atomic E-state index is -0.929. The molecule has 0 aromatic heterocycles. The molecule has 0 unspecified atom stereocenters. The summed E-state index contributed by atoms with van der Waals surface area (Å²) in [4.78, 5) is 26.8. The summed E-state index contributed by atoms with van der Waals surface area (Å²) in [5.74, 6) is -0.929. The van der Waals surface area contributed by atoms with Gasteiger partial charge in [0.2, 0.25) is 0 Å². The topological polar surface area (TPSA) is 87.1 Å². The molecule has 3 aromatic rings. The monoisotopic (exact) mass is 535 g/mol. The number of carboxylic acid groups (broad SMARTS) is 1.